The number of hydrogen-bond donors (Lipinski definition) is 0. The number of rotatable bonds is 2. The van der Waals surface area contributed by atoms with Gasteiger partial charge < -0.3 is 9.15 Å². The molecular formula is C11H9F3N2O2. The lowest BCUT2D eigenvalue weighted by molar-refractivity contribution is -0.156. The monoisotopic (exact) mass is 258 g/mol. The van der Waals surface area contributed by atoms with Crippen LogP contribution in [0.25, 0.3) is 11.5 Å². The molecule has 4 nitrogen and oxygen atoms in total. The van der Waals surface area contributed by atoms with Gasteiger partial charge in [-0.2, -0.15) is 13.2 Å². The predicted molar refractivity (Wildman–Crippen MR) is 56.0 cm³/mol. The molecule has 0 saturated carbocycles. The minimum atomic E-state index is -4.63. The Morgan fingerprint density at radius 1 is 1.22 bits per heavy atom. The van der Waals surface area contributed by atoms with Crippen LogP contribution in [0.3, 0.4) is 0 Å². The van der Waals surface area contributed by atoms with Crippen molar-refractivity contribution in [3.63, 3.8) is 0 Å². The van der Waals surface area contributed by atoms with Gasteiger partial charge in [-0.25, -0.2) is 0 Å². The average Bonchev–Trinajstić information content (AvgIpc) is 2.77. The van der Waals surface area contributed by atoms with Crippen LogP contribution in [0.4, 0.5) is 13.2 Å². The molecule has 0 aliphatic heterocycles. The Bertz CT molecular complexity index is 564. The minimum absolute atomic E-state index is 0.173. The molecule has 0 saturated heterocycles. The Morgan fingerprint density at radius 3 is 2.44 bits per heavy atom. The van der Waals surface area contributed by atoms with Crippen molar-refractivity contribution in [1.29, 1.82) is 0 Å². The van der Waals surface area contributed by atoms with Gasteiger partial charge in [0.2, 0.25) is 5.89 Å². The summed E-state index contributed by atoms with van der Waals surface area (Å²) in [5, 5.41) is 6.34. The number of halogens is 3. The van der Waals surface area contributed by atoms with Crippen LogP contribution in [-0.2, 0) is 6.18 Å². The van der Waals surface area contributed by atoms with Crippen molar-refractivity contribution < 1.29 is 22.3 Å². The topological polar surface area (TPSA) is 48.2 Å². The van der Waals surface area contributed by atoms with Crippen molar-refractivity contribution in [3.8, 4) is 17.2 Å². The highest BCUT2D eigenvalue weighted by molar-refractivity contribution is 5.56. The van der Waals surface area contributed by atoms with Crippen LogP contribution in [0, 0.1) is 6.92 Å². The molecule has 2 aromatic rings. The number of ether oxygens (including phenoxy) is 1. The molecule has 1 aromatic carbocycles. The van der Waals surface area contributed by atoms with Gasteiger partial charge in [0.25, 0.3) is 0 Å². The fourth-order valence-corrected chi connectivity index (χ4v) is 1.47. The summed E-state index contributed by atoms with van der Waals surface area (Å²) in [4.78, 5) is 0. The van der Waals surface area contributed by atoms with Crippen molar-refractivity contribution in [2.45, 2.75) is 13.1 Å². The van der Waals surface area contributed by atoms with E-state index in [1.807, 2.05) is 0 Å². The Kier molecular flexibility index (Phi) is 2.98. The number of hydrogen-bond acceptors (Lipinski definition) is 4. The van der Waals surface area contributed by atoms with Crippen LogP contribution in [-0.4, -0.2) is 17.3 Å². The van der Waals surface area contributed by atoms with E-state index in [1.54, 1.807) is 25.1 Å². The molecule has 96 valence electrons. The Labute approximate surface area is 100 Å². The molecule has 1 aromatic heterocycles. The molecule has 0 bridgehead atoms. The maximum absolute atomic E-state index is 12.3. The van der Waals surface area contributed by atoms with Crippen LogP contribution in [0.15, 0.2) is 22.6 Å². The summed E-state index contributed by atoms with van der Waals surface area (Å²) in [6, 6.07) is 4.80. The lowest BCUT2D eigenvalue weighted by atomic mass is 10.1. The maximum atomic E-state index is 12.3. The van der Waals surface area contributed by atoms with E-state index >= 15 is 0 Å². The van der Waals surface area contributed by atoms with E-state index in [1.165, 1.54) is 7.11 Å². The number of aromatic nitrogens is 2. The summed E-state index contributed by atoms with van der Waals surface area (Å²) in [6.07, 6.45) is -4.63. The molecule has 18 heavy (non-hydrogen) atoms. The van der Waals surface area contributed by atoms with Crippen LogP contribution in [0.5, 0.6) is 5.75 Å². The van der Waals surface area contributed by atoms with Gasteiger partial charge in [0.05, 0.1) is 7.11 Å². The third-order valence-electron chi connectivity index (χ3n) is 2.31. The van der Waals surface area contributed by atoms with Crippen molar-refractivity contribution in [2.75, 3.05) is 7.11 Å². The molecular weight excluding hydrogens is 249 g/mol. The van der Waals surface area contributed by atoms with Gasteiger partial charge in [-0.1, -0.05) is 0 Å². The Hall–Kier alpha value is -2.05. The summed E-state index contributed by atoms with van der Waals surface area (Å²) in [5.41, 5.74) is 1.18. The summed E-state index contributed by atoms with van der Waals surface area (Å²) < 4.78 is 46.5. The van der Waals surface area contributed by atoms with Crippen molar-refractivity contribution >= 4 is 0 Å². The molecule has 0 fully saturated rings. The lowest BCUT2D eigenvalue weighted by Gasteiger charge is -2.04. The number of nitrogens with zero attached hydrogens (tertiary/aromatic N) is 2. The second kappa shape index (κ2) is 4.32. The molecule has 2 rings (SSSR count). The SMILES string of the molecule is COc1ccc(-c2nnc(C(F)(F)F)o2)cc1C. The largest absolute Gasteiger partial charge is 0.496 e. The zero-order valence-electron chi connectivity index (χ0n) is 9.58. The smallest absolute Gasteiger partial charge is 0.470 e. The quantitative estimate of drug-likeness (QED) is 0.830. The molecule has 1 heterocycles. The van der Waals surface area contributed by atoms with Gasteiger partial charge in [-0.05, 0) is 30.7 Å². The third kappa shape index (κ3) is 2.29. The highest BCUT2D eigenvalue weighted by atomic mass is 19.4. The summed E-state index contributed by atoms with van der Waals surface area (Å²) in [5.74, 6) is -0.895. The number of alkyl halides is 3. The van der Waals surface area contributed by atoms with Crippen LogP contribution in [0.1, 0.15) is 11.5 Å². The van der Waals surface area contributed by atoms with E-state index in [-0.39, 0.29) is 5.89 Å². The van der Waals surface area contributed by atoms with Gasteiger partial charge in [0.15, 0.2) is 0 Å². The fourth-order valence-electron chi connectivity index (χ4n) is 1.47. The van der Waals surface area contributed by atoms with E-state index < -0.39 is 12.1 Å². The highest BCUT2D eigenvalue weighted by Gasteiger charge is 2.38. The van der Waals surface area contributed by atoms with E-state index in [4.69, 9.17) is 4.74 Å². The fraction of sp³-hybridized carbons (Fsp3) is 0.273. The third-order valence-corrected chi connectivity index (χ3v) is 2.31. The Balaban J connectivity index is 2.38. The first-order valence-corrected chi connectivity index (χ1v) is 4.97. The van der Waals surface area contributed by atoms with Gasteiger partial charge in [-0.15, -0.1) is 10.2 Å². The molecule has 0 aliphatic rings. The van der Waals surface area contributed by atoms with Gasteiger partial charge in [0, 0.05) is 5.56 Å². The van der Waals surface area contributed by atoms with E-state index in [0.717, 1.165) is 5.56 Å². The number of methoxy groups -OCH3 is 1. The molecule has 0 aliphatic carbocycles. The predicted octanol–water partition coefficient (Wildman–Crippen LogP) is 3.07. The van der Waals surface area contributed by atoms with Gasteiger partial charge in [0.1, 0.15) is 5.75 Å². The number of aryl methyl sites for hydroxylation is 1. The normalized spacial score (nSPS) is 11.6. The highest BCUT2D eigenvalue weighted by Crippen LogP contribution is 2.31. The first kappa shape index (κ1) is 12.4. The van der Waals surface area contributed by atoms with E-state index in [9.17, 15) is 13.2 Å². The van der Waals surface area contributed by atoms with Gasteiger partial charge >= 0.3 is 12.1 Å². The first-order chi connectivity index (χ1) is 8.41. The zero-order chi connectivity index (χ0) is 13.3. The van der Waals surface area contributed by atoms with Crippen LogP contribution >= 0.6 is 0 Å². The van der Waals surface area contributed by atoms with E-state index in [2.05, 4.69) is 14.6 Å². The second-order valence-corrected chi connectivity index (χ2v) is 3.59. The van der Waals surface area contributed by atoms with Crippen molar-refractivity contribution in [2.24, 2.45) is 0 Å². The summed E-state index contributed by atoms with van der Waals surface area (Å²) >= 11 is 0. The molecule has 0 N–H and O–H groups in total. The molecule has 0 amide bonds. The molecule has 0 spiro atoms. The van der Waals surface area contributed by atoms with Crippen molar-refractivity contribution in [1.82, 2.24) is 10.2 Å². The second-order valence-electron chi connectivity index (χ2n) is 3.59. The average molecular weight is 258 g/mol. The molecule has 0 unspecified atom stereocenters. The summed E-state index contributed by atoms with van der Waals surface area (Å²) in [7, 11) is 1.51. The lowest BCUT2D eigenvalue weighted by Crippen LogP contribution is -2.04. The number of benzene rings is 1. The summed E-state index contributed by atoms with van der Waals surface area (Å²) in [6.45, 7) is 1.77. The van der Waals surface area contributed by atoms with Crippen LogP contribution in [0.2, 0.25) is 0 Å². The molecule has 0 radical (unpaired) electrons. The standard InChI is InChI=1S/C11H9F3N2O2/c1-6-5-7(3-4-8(6)17-2)9-15-16-10(18-9)11(12,13)14/h3-5H,1-2H3. The zero-order valence-corrected chi connectivity index (χ0v) is 9.58. The first-order valence-electron chi connectivity index (χ1n) is 4.97. The van der Waals surface area contributed by atoms with Gasteiger partial charge in [-0.3, -0.25) is 0 Å². The van der Waals surface area contributed by atoms with Crippen LogP contribution < -0.4 is 4.74 Å². The maximum Gasteiger partial charge on any atom is 0.470 e. The Morgan fingerprint density at radius 2 is 1.94 bits per heavy atom. The van der Waals surface area contributed by atoms with E-state index in [0.29, 0.717) is 11.3 Å². The molecule has 0 atom stereocenters. The minimum Gasteiger partial charge on any atom is -0.496 e. The van der Waals surface area contributed by atoms with Crippen molar-refractivity contribution in [3.05, 3.63) is 29.7 Å². The molecule has 7 heteroatoms.